The minimum Gasteiger partial charge on any atom is -0.355 e. The summed E-state index contributed by atoms with van der Waals surface area (Å²) in [7, 11) is 0. The Morgan fingerprint density at radius 1 is 1.48 bits per heavy atom. The van der Waals surface area contributed by atoms with Gasteiger partial charge in [0.25, 0.3) is 5.91 Å². The van der Waals surface area contributed by atoms with Crippen LogP contribution in [-0.2, 0) is 0 Å². The van der Waals surface area contributed by atoms with E-state index in [1.54, 1.807) is 18.5 Å². The van der Waals surface area contributed by atoms with Gasteiger partial charge in [0.15, 0.2) is 11.5 Å². The first-order valence-corrected chi connectivity index (χ1v) is 7.17. The molecule has 0 bridgehead atoms. The van der Waals surface area contributed by atoms with E-state index in [0.717, 1.165) is 31.4 Å². The van der Waals surface area contributed by atoms with Gasteiger partial charge in [-0.1, -0.05) is 5.16 Å². The molecule has 1 amide bonds. The number of piperidine rings is 1. The number of amides is 1. The monoisotopic (exact) mass is 286 g/mol. The van der Waals surface area contributed by atoms with Gasteiger partial charge in [-0.2, -0.15) is 0 Å². The molecule has 21 heavy (non-hydrogen) atoms. The molecule has 6 nitrogen and oxygen atoms in total. The van der Waals surface area contributed by atoms with Gasteiger partial charge in [-0.15, -0.1) is 0 Å². The molecule has 110 valence electrons. The standard InChI is InChI=1S/C15H18N4O2/c16-9-12-5-1-2-7-19(12)15(20)13-8-14(21-18-13)11-4-3-6-17-10-11/h3-4,6,8,10,12H,1-2,5,7,9,16H2. The molecule has 0 aromatic carbocycles. The molecule has 2 aromatic rings. The van der Waals surface area contributed by atoms with Crippen molar-refractivity contribution in [2.24, 2.45) is 5.73 Å². The van der Waals surface area contributed by atoms with Gasteiger partial charge in [-0.05, 0) is 31.4 Å². The van der Waals surface area contributed by atoms with E-state index in [0.29, 0.717) is 18.0 Å². The quantitative estimate of drug-likeness (QED) is 0.928. The SMILES string of the molecule is NCC1CCCCN1C(=O)c1cc(-c2cccnc2)on1. The number of likely N-dealkylation sites (tertiary alicyclic amines) is 1. The molecule has 2 N–H and O–H groups in total. The van der Waals surface area contributed by atoms with Crippen molar-refractivity contribution in [1.82, 2.24) is 15.0 Å². The summed E-state index contributed by atoms with van der Waals surface area (Å²) in [5.41, 5.74) is 6.89. The van der Waals surface area contributed by atoms with Crippen LogP contribution in [0.2, 0.25) is 0 Å². The lowest BCUT2D eigenvalue weighted by atomic mass is 10.0. The van der Waals surface area contributed by atoms with Crippen molar-refractivity contribution < 1.29 is 9.32 Å². The van der Waals surface area contributed by atoms with E-state index < -0.39 is 0 Å². The predicted octanol–water partition coefficient (Wildman–Crippen LogP) is 1.69. The summed E-state index contributed by atoms with van der Waals surface area (Å²) in [5, 5.41) is 3.90. The Morgan fingerprint density at radius 2 is 2.38 bits per heavy atom. The summed E-state index contributed by atoms with van der Waals surface area (Å²) < 4.78 is 5.26. The molecule has 0 radical (unpaired) electrons. The Bertz CT molecular complexity index is 611. The van der Waals surface area contributed by atoms with Crippen LogP contribution in [0.1, 0.15) is 29.8 Å². The number of rotatable bonds is 3. The van der Waals surface area contributed by atoms with E-state index in [9.17, 15) is 4.79 Å². The van der Waals surface area contributed by atoms with Gasteiger partial charge in [0, 0.05) is 43.2 Å². The molecule has 1 saturated heterocycles. The van der Waals surface area contributed by atoms with Crippen LogP contribution in [0.15, 0.2) is 35.1 Å². The Kier molecular flexibility index (Phi) is 3.96. The highest BCUT2D eigenvalue weighted by Crippen LogP contribution is 2.22. The second-order valence-electron chi connectivity index (χ2n) is 5.20. The fraction of sp³-hybridized carbons (Fsp3) is 0.400. The van der Waals surface area contributed by atoms with Gasteiger partial charge in [0.1, 0.15) is 0 Å². The first-order valence-electron chi connectivity index (χ1n) is 7.17. The van der Waals surface area contributed by atoms with E-state index in [4.69, 9.17) is 10.3 Å². The number of pyridine rings is 1. The number of nitrogens with zero attached hydrogens (tertiary/aromatic N) is 3. The molecule has 3 rings (SSSR count). The summed E-state index contributed by atoms with van der Waals surface area (Å²) in [4.78, 5) is 18.4. The van der Waals surface area contributed by atoms with Gasteiger partial charge < -0.3 is 15.2 Å². The molecule has 0 aliphatic carbocycles. The molecule has 3 heterocycles. The predicted molar refractivity (Wildman–Crippen MR) is 77.5 cm³/mol. The minimum absolute atomic E-state index is 0.102. The van der Waals surface area contributed by atoms with Crippen molar-refractivity contribution in [1.29, 1.82) is 0 Å². The van der Waals surface area contributed by atoms with Crippen molar-refractivity contribution in [3.63, 3.8) is 0 Å². The molecule has 1 aliphatic heterocycles. The maximum Gasteiger partial charge on any atom is 0.276 e. The van der Waals surface area contributed by atoms with Crippen LogP contribution in [0, 0.1) is 0 Å². The van der Waals surface area contributed by atoms with Crippen LogP contribution in [0.25, 0.3) is 11.3 Å². The Balaban J connectivity index is 1.81. The number of hydrogen-bond acceptors (Lipinski definition) is 5. The minimum atomic E-state index is -0.107. The van der Waals surface area contributed by atoms with E-state index in [2.05, 4.69) is 10.1 Å². The summed E-state index contributed by atoms with van der Waals surface area (Å²) in [6.07, 6.45) is 6.44. The summed E-state index contributed by atoms with van der Waals surface area (Å²) in [6.45, 7) is 1.22. The maximum absolute atomic E-state index is 12.5. The van der Waals surface area contributed by atoms with Crippen LogP contribution in [0.4, 0.5) is 0 Å². The zero-order valence-electron chi connectivity index (χ0n) is 11.7. The topological polar surface area (TPSA) is 85.2 Å². The fourth-order valence-electron chi connectivity index (χ4n) is 2.68. The second-order valence-corrected chi connectivity index (χ2v) is 5.20. The molecule has 0 spiro atoms. The van der Waals surface area contributed by atoms with Gasteiger partial charge in [-0.3, -0.25) is 9.78 Å². The van der Waals surface area contributed by atoms with E-state index in [1.165, 1.54) is 0 Å². The smallest absolute Gasteiger partial charge is 0.276 e. The molecule has 6 heteroatoms. The molecular formula is C15H18N4O2. The zero-order chi connectivity index (χ0) is 14.7. The van der Waals surface area contributed by atoms with Gasteiger partial charge in [-0.25, -0.2) is 0 Å². The lowest BCUT2D eigenvalue weighted by Crippen LogP contribution is -2.47. The number of hydrogen-bond donors (Lipinski definition) is 1. The highest BCUT2D eigenvalue weighted by molar-refractivity contribution is 5.93. The summed E-state index contributed by atoms with van der Waals surface area (Å²) in [5.74, 6) is 0.441. The molecular weight excluding hydrogens is 268 g/mol. The number of nitrogens with two attached hydrogens (primary N) is 1. The molecule has 2 aromatic heterocycles. The van der Waals surface area contributed by atoms with Gasteiger partial charge >= 0.3 is 0 Å². The highest BCUT2D eigenvalue weighted by atomic mass is 16.5. The Morgan fingerprint density at radius 3 is 3.14 bits per heavy atom. The van der Waals surface area contributed by atoms with Crippen molar-refractivity contribution >= 4 is 5.91 Å². The van der Waals surface area contributed by atoms with Crippen LogP contribution in [0.3, 0.4) is 0 Å². The lowest BCUT2D eigenvalue weighted by Gasteiger charge is -2.34. The Hall–Kier alpha value is -2.21. The molecule has 1 aliphatic rings. The first-order chi connectivity index (χ1) is 10.3. The lowest BCUT2D eigenvalue weighted by molar-refractivity contribution is 0.0613. The molecule has 1 atom stereocenters. The van der Waals surface area contributed by atoms with Crippen molar-refractivity contribution in [3.05, 3.63) is 36.3 Å². The molecule has 1 unspecified atom stereocenters. The van der Waals surface area contributed by atoms with E-state index in [-0.39, 0.29) is 11.9 Å². The van der Waals surface area contributed by atoms with Crippen molar-refractivity contribution in [3.8, 4) is 11.3 Å². The highest BCUT2D eigenvalue weighted by Gasteiger charge is 2.28. The number of carbonyl (C=O) groups is 1. The first kappa shape index (κ1) is 13.8. The molecule has 1 fully saturated rings. The van der Waals surface area contributed by atoms with Crippen molar-refractivity contribution in [2.75, 3.05) is 13.1 Å². The average molecular weight is 286 g/mol. The summed E-state index contributed by atoms with van der Waals surface area (Å²) in [6, 6.07) is 5.45. The van der Waals surface area contributed by atoms with E-state index >= 15 is 0 Å². The van der Waals surface area contributed by atoms with E-state index in [1.807, 2.05) is 17.0 Å². The van der Waals surface area contributed by atoms with Gasteiger partial charge in [0.05, 0.1) is 0 Å². The average Bonchev–Trinajstić information content (AvgIpc) is 3.05. The van der Waals surface area contributed by atoms with Crippen LogP contribution >= 0.6 is 0 Å². The normalized spacial score (nSPS) is 18.7. The van der Waals surface area contributed by atoms with Crippen LogP contribution in [-0.4, -0.2) is 40.1 Å². The maximum atomic E-state index is 12.5. The zero-order valence-corrected chi connectivity index (χ0v) is 11.7. The third kappa shape index (κ3) is 2.80. The molecule has 0 saturated carbocycles. The Labute approximate surface area is 122 Å². The number of aromatic nitrogens is 2. The second kappa shape index (κ2) is 6.05. The third-order valence-electron chi connectivity index (χ3n) is 3.84. The van der Waals surface area contributed by atoms with Crippen molar-refractivity contribution in [2.45, 2.75) is 25.3 Å². The number of carbonyl (C=O) groups excluding carboxylic acids is 1. The third-order valence-corrected chi connectivity index (χ3v) is 3.84. The fourth-order valence-corrected chi connectivity index (χ4v) is 2.68. The van der Waals surface area contributed by atoms with Gasteiger partial charge in [0.2, 0.25) is 0 Å². The van der Waals surface area contributed by atoms with Crippen LogP contribution < -0.4 is 5.73 Å². The van der Waals surface area contributed by atoms with Crippen LogP contribution in [0.5, 0.6) is 0 Å². The summed E-state index contributed by atoms with van der Waals surface area (Å²) >= 11 is 0. The largest absolute Gasteiger partial charge is 0.355 e.